The highest BCUT2D eigenvalue weighted by molar-refractivity contribution is 9.10. The Bertz CT molecular complexity index is 1350. The molecule has 0 saturated carbocycles. The summed E-state index contributed by atoms with van der Waals surface area (Å²) < 4.78 is 5.48. The molecule has 0 aromatic heterocycles. The van der Waals surface area contributed by atoms with Crippen molar-refractivity contribution < 1.29 is 34.4 Å². The molecule has 0 bridgehead atoms. The molecule has 2 aromatic carbocycles. The Labute approximate surface area is 242 Å². The second-order valence-electron chi connectivity index (χ2n) is 10.5. The SMILES string of the molecule is COC(=O)N1C(=O)[C@@H]2[C@@H](CC(C(C)C)=C([C@H](O)CC/C(=C/c3cc(Br)ccc3O)c3ccccc3)[C@@H]2CO)C1=O. The average Bonchev–Trinajstić information content (AvgIpc) is 3.20. The summed E-state index contributed by atoms with van der Waals surface area (Å²) in [6, 6.07) is 14.8. The van der Waals surface area contributed by atoms with Crippen LogP contribution >= 0.6 is 15.9 Å². The lowest BCUT2D eigenvalue weighted by molar-refractivity contribution is -0.137. The molecule has 0 unspecified atom stereocenters. The third-order valence-corrected chi connectivity index (χ3v) is 8.37. The van der Waals surface area contributed by atoms with Gasteiger partial charge in [0.05, 0.1) is 31.7 Å². The van der Waals surface area contributed by atoms with Gasteiger partial charge in [-0.1, -0.05) is 65.7 Å². The number of aliphatic hydroxyl groups is 2. The van der Waals surface area contributed by atoms with Gasteiger partial charge in [0.25, 0.3) is 0 Å². The van der Waals surface area contributed by atoms with Crippen molar-refractivity contribution in [3.8, 4) is 5.75 Å². The van der Waals surface area contributed by atoms with Crippen molar-refractivity contribution in [2.45, 2.75) is 39.2 Å². The van der Waals surface area contributed by atoms with Crippen LogP contribution in [0, 0.1) is 23.7 Å². The molecule has 1 saturated heterocycles. The number of imide groups is 3. The smallest absolute Gasteiger partial charge is 0.423 e. The zero-order valence-corrected chi connectivity index (χ0v) is 24.3. The van der Waals surface area contributed by atoms with Crippen LogP contribution in [0.5, 0.6) is 5.75 Å². The van der Waals surface area contributed by atoms with E-state index in [9.17, 15) is 29.7 Å². The molecule has 1 fully saturated rings. The Morgan fingerprint density at radius 3 is 2.48 bits per heavy atom. The summed E-state index contributed by atoms with van der Waals surface area (Å²) in [4.78, 5) is 39.0. The summed E-state index contributed by atoms with van der Waals surface area (Å²) in [5.74, 6) is -3.82. The number of likely N-dealkylation sites (tertiary alicyclic amines) is 1. The van der Waals surface area contributed by atoms with Gasteiger partial charge in [-0.05, 0) is 66.2 Å². The minimum absolute atomic E-state index is 0.0579. The molecule has 8 nitrogen and oxygen atoms in total. The van der Waals surface area contributed by atoms with Crippen LogP contribution in [-0.4, -0.2) is 57.9 Å². The van der Waals surface area contributed by atoms with Crippen LogP contribution in [0.2, 0.25) is 0 Å². The zero-order chi connectivity index (χ0) is 29.1. The number of aliphatic hydroxyl groups excluding tert-OH is 2. The molecule has 1 heterocycles. The van der Waals surface area contributed by atoms with Gasteiger partial charge in [0, 0.05) is 16.0 Å². The van der Waals surface area contributed by atoms with Gasteiger partial charge in [0.2, 0.25) is 11.8 Å². The van der Waals surface area contributed by atoms with E-state index < -0.39 is 48.4 Å². The molecule has 40 heavy (non-hydrogen) atoms. The number of hydrogen-bond donors (Lipinski definition) is 3. The first kappa shape index (κ1) is 29.7. The van der Waals surface area contributed by atoms with E-state index in [4.69, 9.17) is 0 Å². The number of carbonyl (C=O) groups is 3. The summed E-state index contributed by atoms with van der Waals surface area (Å²) in [5.41, 5.74) is 3.81. The minimum Gasteiger partial charge on any atom is -0.507 e. The largest absolute Gasteiger partial charge is 0.507 e. The van der Waals surface area contributed by atoms with Crippen molar-refractivity contribution >= 4 is 45.5 Å². The van der Waals surface area contributed by atoms with Crippen LogP contribution < -0.4 is 0 Å². The lowest BCUT2D eigenvalue weighted by Gasteiger charge is -2.38. The Kier molecular flexibility index (Phi) is 9.28. The summed E-state index contributed by atoms with van der Waals surface area (Å²) in [6.07, 6.45) is 0.762. The Morgan fingerprint density at radius 2 is 1.85 bits per heavy atom. The fourth-order valence-corrected chi connectivity index (χ4v) is 6.32. The lowest BCUT2D eigenvalue weighted by atomic mass is 9.66. The number of nitrogens with zero attached hydrogens (tertiary/aromatic N) is 1. The first-order valence-electron chi connectivity index (χ1n) is 13.3. The zero-order valence-electron chi connectivity index (χ0n) is 22.7. The van der Waals surface area contributed by atoms with Crippen molar-refractivity contribution in [3.63, 3.8) is 0 Å². The highest BCUT2D eigenvalue weighted by atomic mass is 79.9. The monoisotopic (exact) mass is 611 g/mol. The Balaban J connectivity index is 1.68. The van der Waals surface area contributed by atoms with Gasteiger partial charge >= 0.3 is 6.09 Å². The standard InChI is InChI=1S/C31H34BrNO7/c1-17(2)22-15-23-28(30(38)33(29(23)37)31(39)40-3)24(16-34)27(22)26(36)11-9-19(18-7-5-4-6-8-18)13-20-14-21(32)10-12-25(20)35/h4-8,10,12-14,17,23-24,26,28,34-36H,9,11,15-16H2,1-3H3/b19-13-/t23-,24+,26-,28-/m1/s1. The van der Waals surface area contributed by atoms with Crippen molar-refractivity contribution in [3.05, 3.63) is 75.3 Å². The molecule has 212 valence electrons. The van der Waals surface area contributed by atoms with Crippen LogP contribution in [0.3, 0.4) is 0 Å². The number of fused-ring (bicyclic) bond motifs is 1. The second-order valence-corrected chi connectivity index (χ2v) is 11.5. The first-order valence-corrected chi connectivity index (χ1v) is 14.1. The number of methoxy groups -OCH3 is 1. The number of halogens is 1. The maximum absolute atomic E-state index is 13.2. The number of benzene rings is 2. The molecule has 3 amide bonds. The van der Waals surface area contributed by atoms with Crippen LogP contribution in [0.15, 0.2) is 64.1 Å². The lowest BCUT2D eigenvalue weighted by Crippen LogP contribution is -2.40. The number of rotatable bonds is 8. The van der Waals surface area contributed by atoms with E-state index in [0.717, 1.165) is 28.3 Å². The van der Waals surface area contributed by atoms with Crippen molar-refractivity contribution in [1.82, 2.24) is 4.90 Å². The number of aromatic hydroxyl groups is 1. The van der Waals surface area contributed by atoms with Gasteiger partial charge in [0.1, 0.15) is 5.75 Å². The number of allylic oxidation sites excluding steroid dienone is 2. The molecule has 3 N–H and O–H groups in total. The molecular formula is C31H34BrNO7. The maximum Gasteiger partial charge on any atom is 0.423 e. The number of hydrogen-bond acceptors (Lipinski definition) is 7. The predicted molar refractivity (Wildman–Crippen MR) is 154 cm³/mol. The van der Waals surface area contributed by atoms with Gasteiger partial charge in [-0.3, -0.25) is 9.59 Å². The number of phenolic OH excluding ortho intramolecular Hbond substituents is 1. The first-order chi connectivity index (χ1) is 19.1. The van der Waals surface area contributed by atoms with Crippen molar-refractivity contribution in [2.24, 2.45) is 23.7 Å². The Morgan fingerprint density at radius 1 is 1.15 bits per heavy atom. The summed E-state index contributed by atoms with van der Waals surface area (Å²) in [7, 11) is 1.10. The molecule has 2 aliphatic rings. The van der Waals surface area contributed by atoms with Crippen LogP contribution in [0.4, 0.5) is 4.79 Å². The minimum atomic E-state index is -1.04. The summed E-state index contributed by atoms with van der Waals surface area (Å²) in [6.45, 7) is 3.44. The van der Waals surface area contributed by atoms with E-state index in [1.807, 2.05) is 56.3 Å². The third kappa shape index (κ3) is 5.77. The quantitative estimate of drug-likeness (QED) is 0.214. The number of carbonyl (C=O) groups excluding carboxylic acids is 3. The van der Waals surface area contributed by atoms with E-state index in [-0.39, 0.29) is 24.5 Å². The van der Waals surface area contributed by atoms with E-state index in [2.05, 4.69) is 20.7 Å². The fourth-order valence-electron chi connectivity index (χ4n) is 5.94. The normalized spacial score (nSPS) is 22.1. The molecule has 2 aromatic rings. The summed E-state index contributed by atoms with van der Waals surface area (Å²) in [5, 5.41) is 32.5. The number of ether oxygens (including phenoxy) is 1. The number of amides is 3. The van der Waals surface area contributed by atoms with Crippen LogP contribution in [0.1, 0.15) is 44.2 Å². The maximum atomic E-state index is 13.2. The molecule has 4 rings (SSSR count). The highest BCUT2D eigenvalue weighted by Gasteiger charge is 2.57. The van der Waals surface area contributed by atoms with Gasteiger partial charge in [0.15, 0.2) is 0 Å². The van der Waals surface area contributed by atoms with Crippen molar-refractivity contribution in [2.75, 3.05) is 13.7 Å². The molecule has 0 spiro atoms. The number of phenols is 1. The molecule has 0 radical (unpaired) electrons. The van der Waals surface area contributed by atoms with Crippen LogP contribution in [-0.2, 0) is 14.3 Å². The summed E-state index contributed by atoms with van der Waals surface area (Å²) >= 11 is 3.45. The third-order valence-electron chi connectivity index (χ3n) is 7.88. The van der Waals surface area contributed by atoms with E-state index in [0.29, 0.717) is 22.5 Å². The highest BCUT2D eigenvalue weighted by Crippen LogP contribution is 2.48. The van der Waals surface area contributed by atoms with Crippen LogP contribution in [0.25, 0.3) is 11.6 Å². The van der Waals surface area contributed by atoms with Gasteiger partial charge in [-0.25, -0.2) is 4.79 Å². The average molecular weight is 613 g/mol. The molecule has 9 heteroatoms. The van der Waals surface area contributed by atoms with E-state index in [1.165, 1.54) is 0 Å². The fraction of sp³-hybridized carbons (Fsp3) is 0.387. The Hall–Kier alpha value is -3.27. The van der Waals surface area contributed by atoms with Crippen molar-refractivity contribution in [1.29, 1.82) is 0 Å². The van der Waals surface area contributed by atoms with Gasteiger partial charge in [-0.2, -0.15) is 4.90 Å². The molecule has 1 aliphatic heterocycles. The topological polar surface area (TPSA) is 124 Å². The van der Waals surface area contributed by atoms with Gasteiger partial charge in [-0.15, -0.1) is 0 Å². The molecule has 1 aliphatic carbocycles. The molecule has 4 atom stereocenters. The van der Waals surface area contributed by atoms with E-state index in [1.54, 1.807) is 12.1 Å². The van der Waals surface area contributed by atoms with Gasteiger partial charge < -0.3 is 20.1 Å². The van der Waals surface area contributed by atoms with E-state index >= 15 is 0 Å². The molecular weight excluding hydrogens is 578 g/mol. The predicted octanol–water partition coefficient (Wildman–Crippen LogP) is 5.17. The second kappa shape index (κ2) is 12.5.